The Morgan fingerprint density at radius 1 is 0.909 bits per heavy atom. The molecule has 0 aromatic heterocycles. The van der Waals surface area contributed by atoms with Gasteiger partial charge >= 0.3 is 0 Å². The first-order chi connectivity index (χ1) is 15.6. The number of thiocarbonyl (C=S) groups is 1. The highest BCUT2D eigenvalue weighted by Gasteiger charge is 2.34. The molecule has 188 valence electrons. The maximum atomic E-state index is 12.4. The molecular formula is C23H34Cl5N3OS. The molecule has 1 atom stereocenters. The number of benzene rings is 1. The number of carbonyl (C=O) groups excluding carboxylic acids is 1. The lowest BCUT2D eigenvalue weighted by molar-refractivity contribution is -0.122. The number of rotatable bonds is 15. The molecule has 10 heteroatoms. The van der Waals surface area contributed by atoms with E-state index in [1.165, 1.54) is 51.4 Å². The summed E-state index contributed by atoms with van der Waals surface area (Å²) in [5.41, 5.74) is 0.536. The number of nitrogens with one attached hydrogen (secondary N) is 3. The number of carbonyl (C=O) groups is 1. The molecule has 1 rings (SSSR count). The summed E-state index contributed by atoms with van der Waals surface area (Å²) in [7, 11) is 0. The Hall–Kier alpha value is -0.170. The second kappa shape index (κ2) is 17.3. The Balaban J connectivity index is 2.30. The molecule has 0 heterocycles. The van der Waals surface area contributed by atoms with Crippen molar-refractivity contribution in [2.45, 2.75) is 93.9 Å². The number of alkyl halides is 3. The van der Waals surface area contributed by atoms with Gasteiger partial charge in [-0.05, 0) is 36.8 Å². The van der Waals surface area contributed by atoms with E-state index in [4.69, 9.17) is 70.2 Å². The quantitative estimate of drug-likeness (QED) is 0.0844. The Kier molecular flexibility index (Phi) is 16.2. The summed E-state index contributed by atoms with van der Waals surface area (Å²) in [6.07, 6.45) is 12.7. The van der Waals surface area contributed by atoms with E-state index >= 15 is 0 Å². The van der Waals surface area contributed by atoms with Gasteiger partial charge in [-0.25, -0.2) is 0 Å². The van der Waals surface area contributed by atoms with Gasteiger partial charge < -0.3 is 16.0 Å². The van der Waals surface area contributed by atoms with E-state index in [1.54, 1.807) is 18.2 Å². The van der Waals surface area contributed by atoms with Crippen LogP contribution in [0.25, 0.3) is 0 Å². The molecule has 1 unspecified atom stereocenters. The smallest absolute Gasteiger partial charge is 0.228 e. The third kappa shape index (κ3) is 14.7. The van der Waals surface area contributed by atoms with E-state index in [0.29, 0.717) is 22.2 Å². The van der Waals surface area contributed by atoms with Gasteiger partial charge in [0.1, 0.15) is 6.17 Å². The third-order valence-corrected chi connectivity index (χ3v) is 6.52. The van der Waals surface area contributed by atoms with Gasteiger partial charge in [-0.15, -0.1) is 0 Å². The van der Waals surface area contributed by atoms with E-state index in [1.807, 2.05) is 0 Å². The number of hydrogen-bond acceptors (Lipinski definition) is 2. The number of unbranched alkanes of at least 4 members (excludes halogenated alkanes) is 10. The normalized spacial score (nSPS) is 12.3. The summed E-state index contributed by atoms with van der Waals surface area (Å²) in [6, 6.07) is 4.92. The predicted molar refractivity (Wildman–Crippen MR) is 149 cm³/mol. The van der Waals surface area contributed by atoms with Crippen LogP contribution < -0.4 is 16.0 Å². The second-order valence-electron chi connectivity index (χ2n) is 8.05. The number of hydrogen-bond donors (Lipinski definition) is 3. The number of amides is 1. The SMILES string of the molecule is CCCCCCCCCCCCCC(=O)NC(NC(=S)Nc1ccc(Cl)cc1Cl)C(Cl)(Cl)Cl. The summed E-state index contributed by atoms with van der Waals surface area (Å²) in [6.45, 7) is 2.24. The summed E-state index contributed by atoms with van der Waals surface area (Å²) in [5, 5.41) is 9.46. The number of anilines is 1. The van der Waals surface area contributed by atoms with Gasteiger partial charge in [0.05, 0.1) is 10.7 Å². The zero-order valence-electron chi connectivity index (χ0n) is 19.0. The fraction of sp³-hybridized carbons (Fsp3) is 0.652. The van der Waals surface area contributed by atoms with Crippen molar-refractivity contribution in [2.24, 2.45) is 0 Å². The number of halogens is 5. The summed E-state index contributed by atoms with van der Waals surface area (Å²) < 4.78 is -1.80. The van der Waals surface area contributed by atoms with Crippen LogP contribution in [0.2, 0.25) is 10.0 Å². The minimum atomic E-state index is -1.80. The zero-order valence-corrected chi connectivity index (χ0v) is 23.6. The van der Waals surface area contributed by atoms with Gasteiger partial charge in [0.25, 0.3) is 0 Å². The molecule has 0 aliphatic heterocycles. The maximum absolute atomic E-state index is 12.4. The van der Waals surface area contributed by atoms with Crippen LogP contribution in [0.4, 0.5) is 5.69 Å². The van der Waals surface area contributed by atoms with Gasteiger partial charge in [0, 0.05) is 11.4 Å². The van der Waals surface area contributed by atoms with Crippen LogP contribution in [0.1, 0.15) is 84.0 Å². The molecule has 0 radical (unpaired) electrons. The molecule has 0 spiro atoms. The standard InChI is InChI=1S/C23H34Cl5N3OS/c1-2-3-4-5-6-7-8-9-10-11-12-13-20(32)30-21(23(26,27)28)31-22(33)29-19-15-14-17(24)16-18(19)25/h14-16,21H,2-13H2,1H3,(H,30,32)(H2,29,31,33). The van der Waals surface area contributed by atoms with Crippen LogP contribution in [0, 0.1) is 0 Å². The first kappa shape index (κ1) is 30.9. The van der Waals surface area contributed by atoms with E-state index in [-0.39, 0.29) is 11.0 Å². The molecule has 0 fully saturated rings. The average molecular weight is 578 g/mol. The molecule has 1 aromatic rings. The van der Waals surface area contributed by atoms with Gasteiger partial charge in [0.2, 0.25) is 9.70 Å². The first-order valence-corrected chi connectivity index (χ1v) is 13.8. The molecular weight excluding hydrogens is 544 g/mol. The molecule has 33 heavy (non-hydrogen) atoms. The molecule has 0 aliphatic rings. The first-order valence-electron chi connectivity index (χ1n) is 11.5. The van der Waals surface area contributed by atoms with Crippen molar-refractivity contribution in [2.75, 3.05) is 5.32 Å². The molecule has 1 aromatic carbocycles. The van der Waals surface area contributed by atoms with Crippen LogP contribution >= 0.6 is 70.2 Å². The molecule has 0 aliphatic carbocycles. The van der Waals surface area contributed by atoms with Crippen molar-refractivity contribution in [3.63, 3.8) is 0 Å². The van der Waals surface area contributed by atoms with Crippen LogP contribution in [0.3, 0.4) is 0 Å². The van der Waals surface area contributed by atoms with Crippen molar-refractivity contribution < 1.29 is 4.79 Å². The highest BCUT2D eigenvalue weighted by Crippen LogP contribution is 2.30. The van der Waals surface area contributed by atoms with E-state index < -0.39 is 9.96 Å². The highest BCUT2D eigenvalue weighted by molar-refractivity contribution is 7.80. The van der Waals surface area contributed by atoms with E-state index in [9.17, 15) is 4.79 Å². The maximum Gasteiger partial charge on any atom is 0.228 e. The minimum Gasteiger partial charge on any atom is -0.339 e. The van der Waals surface area contributed by atoms with Crippen LogP contribution in [0.5, 0.6) is 0 Å². The van der Waals surface area contributed by atoms with Crippen LogP contribution in [-0.2, 0) is 4.79 Å². The van der Waals surface area contributed by atoms with Crippen molar-refractivity contribution in [3.05, 3.63) is 28.2 Å². The van der Waals surface area contributed by atoms with E-state index in [0.717, 1.165) is 19.3 Å². The molecule has 3 N–H and O–H groups in total. The van der Waals surface area contributed by atoms with Gasteiger partial charge in [0.15, 0.2) is 5.11 Å². The fourth-order valence-corrected chi connectivity index (χ4v) is 4.27. The lowest BCUT2D eigenvalue weighted by Gasteiger charge is -2.28. The average Bonchev–Trinajstić information content (AvgIpc) is 2.73. The Morgan fingerprint density at radius 2 is 1.45 bits per heavy atom. The summed E-state index contributed by atoms with van der Waals surface area (Å²) in [4.78, 5) is 12.4. The summed E-state index contributed by atoms with van der Waals surface area (Å²) in [5.74, 6) is -0.206. The third-order valence-electron chi connectivity index (χ3n) is 5.09. The van der Waals surface area contributed by atoms with Gasteiger partial charge in [-0.3, -0.25) is 4.79 Å². The van der Waals surface area contributed by atoms with Crippen molar-refractivity contribution in [1.29, 1.82) is 0 Å². The molecule has 4 nitrogen and oxygen atoms in total. The molecule has 1 amide bonds. The Labute approximate surface area is 228 Å². The lowest BCUT2D eigenvalue weighted by Crippen LogP contribution is -2.56. The highest BCUT2D eigenvalue weighted by atomic mass is 35.6. The summed E-state index contributed by atoms with van der Waals surface area (Å²) >= 11 is 35.4. The second-order valence-corrected chi connectivity index (χ2v) is 11.7. The molecule has 0 saturated carbocycles. The van der Waals surface area contributed by atoms with Gasteiger partial charge in [-0.2, -0.15) is 0 Å². The topological polar surface area (TPSA) is 53.2 Å². The largest absolute Gasteiger partial charge is 0.339 e. The zero-order chi connectivity index (χ0) is 24.7. The monoisotopic (exact) mass is 575 g/mol. The van der Waals surface area contributed by atoms with Crippen LogP contribution in [-0.4, -0.2) is 21.0 Å². The minimum absolute atomic E-state index is 0.144. The molecule has 0 bridgehead atoms. The molecule has 0 saturated heterocycles. The Morgan fingerprint density at radius 3 is 1.97 bits per heavy atom. The lowest BCUT2D eigenvalue weighted by atomic mass is 10.1. The van der Waals surface area contributed by atoms with E-state index in [2.05, 4.69) is 22.9 Å². The predicted octanol–water partition coefficient (Wildman–Crippen LogP) is 8.79. The van der Waals surface area contributed by atoms with Crippen molar-refractivity contribution >= 4 is 86.9 Å². The van der Waals surface area contributed by atoms with Crippen molar-refractivity contribution in [1.82, 2.24) is 10.6 Å². The van der Waals surface area contributed by atoms with Crippen LogP contribution in [0.15, 0.2) is 18.2 Å². The van der Waals surface area contributed by atoms with Gasteiger partial charge in [-0.1, -0.05) is 129 Å². The fourth-order valence-electron chi connectivity index (χ4n) is 3.26. The van der Waals surface area contributed by atoms with Crippen molar-refractivity contribution in [3.8, 4) is 0 Å². The Bertz CT molecular complexity index is 731.